The maximum Gasteiger partial charge on any atom is 0.0306 e. The Labute approximate surface area is 120 Å². The SMILES string of the molecule is CC(C)CCC(C)(CN)N1CCCC2CCCCC21. The molecule has 2 N–H and O–H groups in total. The maximum absolute atomic E-state index is 6.20. The standard InChI is InChI=1S/C17H34N2/c1-14(2)10-11-17(3,13-18)19-12-6-8-15-7-4-5-9-16(15)19/h14-16H,4-13,18H2,1-3H3. The number of hydrogen-bond acceptors (Lipinski definition) is 2. The summed E-state index contributed by atoms with van der Waals surface area (Å²) in [7, 11) is 0. The van der Waals surface area contributed by atoms with Crippen LogP contribution in [0.1, 0.15) is 72.1 Å². The predicted octanol–water partition coefficient (Wildman–Crippen LogP) is 3.79. The van der Waals surface area contributed by atoms with Crippen LogP contribution in [-0.4, -0.2) is 29.6 Å². The van der Waals surface area contributed by atoms with Crippen LogP contribution in [0, 0.1) is 11.8 Å². The van der Waals surface area contributed by atoms with E-state index in [0.717, 1.165) is 24.4 Å². The normalized spacial score (nSPS) is 32.1. The third-order valence-corrected chi connectivity index (χ3v) is 5.64. The van der Waals surface area contributed by atoms with Gasteiger partial charge >= 0.3 is 0 Å². The zero-order chi connectivity index (χ0) is 13.9. The number of hydrogen-bond donors (Lipinski definition) is 1. The van der Waals surface area contributed by atoms with Gasteiger partial charge in [-0.15, -0.1) is 0 Å². The molecule has 0 aromatic carbocycles. The molecule has 0 radical (unpaired) electrons. The van der Waals surface area contributed by atoms with E-state index in [2.05, 4.69) is 25.7 Å². The first-order valence-corrected chi connectivity index (χ1v) is 8.53. The van der Waals surface area contributed by atoms with E-state index in [9.17, 15) is 0 Å². The third kappa shape index (κ3) is 3.52. The second kappa shape index (κ2) is 6.58. The van der Waals surface area contributed by atoms with Gasteiger partial charge in [-0.25, -0.2) is 0 Å². The van der Waals surface area contributed by atoms with Crippen molar-refractivity contribution >= 4 is 0 Å². The van der Waals surface area contributed by atoms with Crippen LogP contribution >= 0.6 is 0 Å². The van der Waals surface area contributed by atoms with Gasteiger partial charge in [-0.3, -0.25) is 4.90 Å². The zero-order valence-corrected chi connectivity index (χ0v) is 13.3. The second-order valence-corrected chi connectivity index (χ2v) is 7.58. The van der Waals surface area contributed by atoms with Crippen molar-refractivity contribution in [2.75, 3.05) is 13.1 Å². The van der Waals surface area contributed by atoms with Crippen molar-refractivity contribution in [2.24, 2.45) is 17.6 Å². The molecule has 0 spiro atoms. The van der Waals surface area contributed by atoms with Gasteiger partial charge in [0, 0.05) is 18.1 Å². The van der Waals surface area contributed by atoms with Gasteiger partial charge < -0.3 is 5.73 Å². The summed E-state index contributed by atoms with van der Waals surface area (Å²) in [4.78, 5) is 2.82. The lowest BCUT2D eigenvalue weighted by Crippen LogP contribution is -2.60. The molecule has 19 heavy (non-hydrogen) atoms. The van der Waals surface area contributed by atoms with Crippen molar-refractivity contribution in [3.05, 3.63) is 0 Å². The van der Waals surface area contributed by atoms with Gasteiger partial charge in [-0.05, 0) is 63.8 Å². The van der Waals surface area contributed by atoms with Crippen molar-refractivity contribution in [3.63, 3.8) is 0 Å². The number of rotatable bonds is 5. The van der Waals surface area contributed by atoms with Crippen LogP contribution in [0.2, 0.25) is 0 Å². The summed E-state index contributed by atoms with van der Waals surface area (Å²) in [6.07, 6.45) is 11.2. The van der Waals surface area contributed by atoms with Crippen LogP contribution in [-0.2, 0) is 0 Å². The summed E-state index contributed by atoms with van der Waals surface area (Å²) in [5.41, 5.74) is 6.45. The second-order valence-electron chi connectivity index (χ2n) is 7.58. The number of nitrogens with zero attached hydrogens (tertiary/aromatic N) is 1. The molecule has 2 nitrogen and oxygen atoms in total. The Morgan fingerprint density at radius 2 is 1.84 bits per heavy atom. The van der Waals surface area contributed by atoms with E-state index in [-0.39, 0.29) is 5.54 Å². The van der Waals surface area contributed by atoms with E-state index in [1.807, 2.05) is 0 Å². The predicted molar refractivity (Wildman–Crippen MR) is 83.2 cm³/mol. The van der Waals surface area contributed by atoms with Gasteiger partial charge in [0.2, 0.25) is 0 Å². The fourth-order valence-electron chi connectivity index (χ4n) is 4.26. The maximum atomic E-state index is 6.20. The van der Waals surface area contributed by atoms with Gasteiger partial charge in [0.15, 0.2) is 0 Å². The van der Waals surface area contributed by atoms with Crippen LogP contribution in [0.3, 0.4) is 0 Å². The van der Waals surface area contributed by atoms with Crippen LogP contribution in [0.25, 0.3) is 0 Å². The van der Waals surface area contributed by atoms with Crippen LogP contribution in [0.15, 0.2) is 0 Å². The highest BCUT2D eigenvalue weighted by Crippen LogP contribution is 2.39. The summed E-state index contributed by atoms with van der Waals surface area (Å²) >= 11 is 0. The monoisotopic (exact) mass is 266 g/mol. The average molecular weight is 266 g/mol. The molecule has 1 aliphatic heterocycles. The number of piperidine rings is 1. The fourth-order valence-corrected chi connectivity index (χ4v) is 4.26. The van der Waals surface area contributed by atoms with Crippen molar-refractivity contribution < 1.29 is 0 Å². The molecule has 2 heteroatoms. The highest BCUT2D eigenvalue weighted by Gasteiger charge is 2.41. The Balaban J connectivity index is 2.06. The molecule has 0 amide bonds. The Hall–Kier alpha value is -0.0800. The molecular formula is C17H34N2. The highest BCUT2D eigenvalue weighted by atomic mass is 15.2. The molecule has 3 unspecified atom stereocenters. The summed E-state index contributed by atoms with van der Waals surface area (Å²) in [5, 5.41) is 0. The lowest BCUT2D eigenvalue weighted by Gasteiger charge is -2.52. The molecule has 112 valence electrons. The van der Waals surface area contributed by atoms with Gasteiger partial charge in [0.25, 0.3) is 0 Å². The minimum Gasteiger partial charge on any atom is -0.329 e. The molecule has 2 rings (SSSR count). The summed E-state index contributed by atoms with van der Waals surface area (Å²) in [6, 6.07) is 0.836. The summed E-state index contributed by atoms with van der Waals surface area (Å²) in [5.74, 6) is 1.75. The summed E-state index contributed by atoms with van der Waals surface area (Å²) < 4.78 is 0. The van der Waals surface area contributed by atoms with Crippen molar-refractivity contribution in [1.82, 2.24) is 4.90 Å². The molecule has 1 saturated heterocycles. The van der Waals surface area contributed by atoms with Gasteiger partial charge in [-0.2, -0.15) is 0 Å². The zero-order valence-electron chi connectivity index (χ0n) is 13.3. The number of likely N-dealkylation sites (tertiary alicyclic amines) is 1. The molecule has 1 heterocycles. The minimum atomic E-state index is 0.241. The van der Waals surface area contributed by atoms with Crippen molar-refractivity contribution in [2.45, 2.75) is 83.7 Å². The fraction of sp³-hybridized carbons (Fsp3) is 1.00. The van der Waals surface area contributed by atoms with E-state index in [0.29, 0.717) is 0 Å². The van der Waals surface area contributed by atoms with E-state index < -0.39 is 0 Å². The van der Waals surface area contributed by atoms with E-state index in [1.54, 1.807) is 0 Å². The van der Waals surface area contributed by atoms with Crippen LogP contribution < -0.4 is 5.73 Å². The Bertz CT molecular complexity index is 274. The molecule has 3 atom stereocenters. The molecule has 1 saturated carbocycles. The molecule has 0 bridgehead atoms. The first kappa shape index (κ1) is 15.3. The molecule has 2 fully saturated rings. The Morgan fingerprint density at radius 1 is 1.16 bits per heavy atom. The lowest BCUT2D eigenvalue weighted by molar-refractivity contribution is -0.0231. The largest absolute Gasteiger partial charge is 0.329 e. The van der Waals surface area contributed by atoms with Crippen LogP contribution in [0.5, 0.6) is 0 Å². The van der Waals surface area contributed by atoms with Crippen molar-refractivity contribution in [3.8, 4) is 0 Å². The van der Waals surface area contributed by atoms with E-state index in [1.165, 1.54) is 57.9 Å². The van der Waals surface area contributed by atoms with Gasteiger partial charge in [0.05, 0.1) is 0 Å². The summed E-state index contributed by atoms with van der Waals surface area (Å²) in [6.45, 7) is 9.19. The highest BCUT2D eigenvalue weighted by molar-refractivity contribution is 4.97. The van der Waals surface area contributed by atoms with Gasteiger partial charge in [-0.1, -0.05) is 26.7 Å². The molecule has 1 aliphatic carbocycles. The van der Waals surface area contributed by atoms with E-state index in [4.69, 9.17) is 5.73 Å². The molecule has 0 aromatic heterocycles. The number of nitrogens with two attached hydrogens (primary N) is 1. The molecule has 0 aromatic rings. The topological polar surface area (TPSA) is 29.3 Å². The third-order valence-electron chi connectivity index (χ3n) is 5.64. The van der Waals surface area contributed by atoms with Gasteiger partial charge in [0.1, 0.15) is 0 Å². The van der Waals surface area contributed by atoms with Crippen molar-refractivity contribution in [1.29, 1.82) is 0 Å². The average Bonchev–Trinajstić information content (AvgIpc) is 2.44. The molecular weight excluding hydrogens is 232 g/mol. The minimum absolute atomic E-state index is 0.241. The quantitative estimate of drug-likeness (QED) is 0.820. The lowest BCUT2D eigenvalue weighted by atomic mass is 9.75. The Kier molecular flexibility index (Phi) is 5.30. The number of fused-ring (bicyclic) bond motifs is 1. The first-order valence-electron chi connectivity index (χ1n) is 8.53. The van der Waals surface area contributed by atoms with E-state index >= 15 is 0 Å². The first-order chi connectivity index (χ1) is 9.07. The van der Waals surface area contributed by atoms with Crippen LogP contribution in [0.4, 0.5) is 0 Å². The molecule has 2 aliphatic rings. The Morgan fingerprint density at radius 3 is 2.53 bits per heavy atom. The smallest absolute Gasteiger partial charge is 0.0306 e.